The molecule has 0 unspecified atom stereocenters. The number of carbonyl (C=O) groups excluding carboxylic acids is 1. The van der Waals surface area contributed by atoms with Crippen LogP contribution < -0.4 is 10.6 Å². The van der Waals surface area contributed by atoms with Gasteiger partial charge in [0.25, 0.3) is 0 Å². The van der Waals surface area contributed by atoms with E-state index in [2.05, 4.69) is 34.9 Å². The second-order valence-corrected chi connectivity index (χ2v) is 11.7. The molecule has 0 spiro atoms. The van der Waals surface area contributed by atoms with Crippen LogP contribution in [0.1, 0.15) is 63.3 Å². The van der Waals surface area contributed by atoms with Crippen LogP contribution in [0.5, 0.6) is 0 Å². The molecule has 2 aromatic carbocycles. The molecule has 1 aliphatic rings. The Morgan fingerprint density at radius 3 is 2.44 bits per heavy atom. The van der Waals surface area contributed by atoms with Gasteiger partial charge in [0.2, 0.25) is 0 Å². The summed E-state index contributed by atoms with van der Waals surface area (Å²) in [6, 6.07) is 15.1. The van der Waals surface area contributed by atoms with Crippen LogP contribution in [0.4, 0.5) is 9.18 Å². The van der Waals surface area contributed by atoms with E-state index in [0.29, 0.717) is 25.0 Å². The number of alkyl carbamates (subject to hydrolysis) is 1. The largest absolute Gasteiger partial charge is 0.461 e. The number of aryl methyl sites for hydroxylation is 2. The fourth-order valence-corrected chi connectivity index (χ4v) is 5.05. The second-order valence-electron chi connectivity index (χ2n) is 11.7. The van der Waals surface area contributed by atoms with Gasteiger partial charge in [-0.05, 0) is 100 Å². The van der Waals surface area contributed by atoms with Crippen molar-refractivity contribution in [2.24, 2.45) is 11.8 Å². The summed E-state index contributed by atoms with van der Waals surface area (Å²) in [5.41, 5.74) is 2.72. The third kappa shape index (κ3) is 9.97. The summed E-state index contributed by atoms with van der Waals surface area (Å²) in [7, 11) is 0. The van der Waals surface area contributed by atoms with Crippen molar-refractivity contribution in [1.82, 2.24) is 10.6 Å². The molecule has 1 amide bonds. The smallest absolute Gasteiger partial charge is 0.407 e. The van der Waals surface area contributed by atoms with E-state index in [-0.39, 0.29) is 11.9 Å². The van der Waals surface area contributed by atoms with Gasteiger partial charge >= 0.3 is 6.09 Å². The molecular weight excluding hydrogens is 495 g/mol. The average Bonchev–Trinajstić information content (AvgIpc) is 3.31. The minimum atomic E-state index is -0.459. The van der Waals surface area contributed by atoms with Crippen LogP contribution in [0.3, 0.4) is 0 Å². The third-order valence-electron chi connectivity index (χ3n) is 7.21. The van der Waals surface area contributed by atoms with E-state index in [0.717, 1.165) is 80.5 Å². The number of nitrogens with one attached hydrogen (secondary N) is 2. The predicted octanol–water partition coefficient (Wildman–Crippen LogP) is 6.79. The minimum absolute atomic E-state index is 0.208. The number of ether oxygens (including phenoxy) is 2. The first-order valence-corrected chi connectivity index (χ1v) is 14.2. The number of carbonyl (C=O) groups is 1. The Balaban J connectivity index is 1.07. The molecule has 0 aliphatic heterocycles. The first kappa shape index (κ1) is 29.1. The fraction of sp³-hybridized carbons (Fsp3) is 0.531. The number of rotatable bonds is 12. The molecule has 0 radical (unpaired) electrons. The Kier molecular flexibility index (Phi) is 10.4. The van der Waals surface area contributed by atoms with Crippen molar-refractivity contribution in [3.8, 4) is 0 Å². The van der Waals surface area contributed by atoms with Crippen LogP contribution in [0.25, 0.3) is 11.0 Å². The standard InChI is InChI=1S/C32H43FN2O4/c1-32(2,3)39-31(36)35-21-24-4-6-25(7-5-24)22-37-17-16-34-20-26-8-12-27-19-29(38-30(27)18-26)15-11-23-9-13-28(33)14-10-23/h8-10,12-14,18-19,24-25,34H,4-7,11,15-17,20-22H2,1-3H3,(H,35,36). The van der Waals surface area contributed by atoms with Gasteiger partial charge < -0.3 is 24.5 Å². The highest BCUT2D eigenvalue weighted by atomic mass is 19.1. The summed E-state index contributed by atoms with van der Waals surface area (Å²) >= 11 is 0. The molecule has 0 atom stereocenters. The average molecular weight is 539 g/mol. The van der Waals surface area contributed by atoms with Crippen molar-refractivity contribution < 1.29 is 23.1 Å². The van der Waals surface area contributed by atoms with Crippen molar-refractivity contribution in [3.05, 3.63) is 71.2 Å². The second kappa shape index (κ2) is 13.9. The van der Waals surface area contributed by atoms with Crippen LogP contribution in [-0.2, 0) is 28.9 Å². The van der Waals surface area contributed by atoms with Crippen LogP contribution in [0, 0.1) is 17.7 Å². The number of furan rings is 1. The number of hydrogen-bond acceptors (Lipinski definition) is 5. The molecule has 4 rings (SSSR count). The molecule has 1 saturated carbocycles. The lowest BCUT2D eigenvalue weighted by Gasteiger charge is -2.29. The number of hydrogen-bond donors (Lipinski definition) is 2. The summed E-state index contributed by atoms with van der Waals surface area (Å²) in [4.78, 5) is 11.8. The summed E-state index contributed by atoms with van der Waals surface area (Å²) in [6.07, 6.45) is 5.80. The predicted molar refractivity (Wildman–Crippen MR) is 152 cm³/mol. The van der Waals surface area contributed by atoms with Crippen molar-refractivity contribution in [3.63, 3.8) is 0 Å². The zero-order valence-electron chi connectivity index (χ0n) is 23.6. The van der Waals surface area contributed by atoms with Crippen LogP contribution >= 0.6 is 0 Å². The molecule has 1 aromatic heterocycles. The molecule has 1 fully saturated rings. The monoisotopic (exact) mass is 538 g/mol. The normalized spacial score (nSPS) is 17.8. The molecule has 1 aliphatic carbocycles. The van der Waals surface area contributed by atoms with Gasteiger partial charge in [0.1, 0.15) is 22.8 Å². The highest BCUT2D eigenvalue weighted by Gasteiger charge is 2.23. The summed E-state index contributed by atoms with van der Waals surface area (Å²) in [6.45, 7) is 9.38. The van der Waals surface area contributed by atoms with Gasteiger partial charge in [-0.1, -0.05) is 24.3 Å². The quantitative estimate of drug-likeness (QED) is 0.248. The van der Waals surface area contributed by atoms with E-state index >= 15 is 0 Å². The van der Waals surface area contributed by atoms with Gasteiger partial charge in [0.15, 0.2) is 0 Å². The molecular formula is C32H43FN2O4. The Morgan fingerprint density at radius 1 is 0.974 bits per heavy atom. The highest BCUT2D eigenvalue weighted by molar-refractivity contribution is 5.78. The minimum Gasteiger partial charge on any atom is -0.461 e. The number of benzene rings is 2. The molecule has 7 heteroatoms. The topological polar surface area (TPSA) is 72.7 Å². The molecule has 1 heterocycles. The maximum absolute atomic E-state index is 13.1. The van der Waals surface area contributed by atoms with E-state index in [9.17, 15) is 9.18 Å². The van der Waals surface area contributed by atoms with E-state index < -0.39 is 5.60 Å². The van der Waals surface area contributed by atoms with Crippen molar-refractivity contribution >= 4 is 17.1 Å². The van der Waals surface area contributed by atoms with Crippen molar-refractivity contribution in [2.45, 2.75) is 71.4 Å². The Labute approximate surface area is 231 Å². The van der Waals surface area contributed by atoms with Gasteiger partial charge in [0.05, 0.1) is 6.61 Å². The number of amides is 1. The van der Waals surface area contributed by atoms with Crippen LogP contribution in [0.15, 0.2) is 52.9 Å². The van der Waals surface area contributed by atoms with E-state index in [1.807, 2.05) is 32.9 Å². The van der Waals surface area contributed by atoms with Crippen LogP contribution in [0.2, 0.25) is 0 Å². The SMILES string of the molecule is CC(C)(C)OC(=O)NCC1CCC(COCCNCc2ccc3cc(CCc4ccc(F)cc4)oc3c2)CC1. The molecule has 2 N–H and O–H groups in total. The lowest BCUT2D eigenvalue weighted by atomic mass is 9.82. The van der Waals surface area contributed by atoms with Crippen molar-refractivity contribution in [2.75, 3.05) is 26.3 Å². The zero-order chi connectivity index (χ0) is 27.7. The summed E-state index contributed by atoms with van der Waals surface area (Å²) < 4.78 is 30.4. The first-order chi connectivity index (χ1) is 18.7. The van der Waals surface area contributed by atoms with Gasteiger partial charge in [-0.3, -0.25) is 0 Å². The molecule has 0 saturated heterocycles. The van der Waals surface area contributed by atoms with Gasteiger partial charge in [-0.2, -0.15) is 0 Å². The molecule has 39 heavy (non-hydrogen) atoms. The maximum atomic E-state index is 13.1. The van der Waals surface area contributed by atoms with E-state index in [1.54, 1.807) is 0 Å². The number of fused-ring (bicyclic) bond motifs is 1. The van der Waals surface area contributed by atoms with Gasteiger partial charge in [-0.25, -0.2) is 9.18 Å². The van der Waals surface area contributed by atoms with E-state index in [1.165, 1.54) is 17.7 Å². The lowest BCUT2D eigenvalue weighted by Crippen LogP contribution is -2.36. The fourth-order valence-electron chi connectivity index (χ4n) is 5.05. The molecule has 0 bridgehead atoms. The van der Waals surface area contributed by atoms with Gasteiger partial charge in [0, 0.05) is 38.0 Å². The molecule has 6 nitrogen and oxygen atoms in total. The number of halogens is 1. The first-order valence-electron chi connectivity index (χ1n) is 14.2. The Morgan fingerprint density at radius 2 is 1.69 bits per heavy atom. The maximum Gasteiger partial charge on any atom is 0.407 e. The lowest BCUT2D eigenvalue weighted by molar-refractivity contribution is 0.0501. The summed E-state index contributed by atoms with van der Waals surface area (Å²) in [5.74, 6) is 1.86. The Bertz CT molecular complexity index is 1180. The molecule has 3 aromatic rings. The summed E-state index contributed by atoms with van der Waals surface area (Å²) in [5, 5.41) is 7.48. The van der Waals surface area contributed by atoms with Crippen molar-refractivity contribution in [1.29, 1.82) is 0 Å². The Hall–Kier alpha value is -2.90. The third-order valence-corrected chi connectivity index (χ3v) is 7.21. The zero-order valence-corrected chi connectivity index (χ0v) is 23.6. The van der Waals surface area contributed by atoms with Gasteiger partial charge in [-0.15, -0.1) is 0 Å². The van der Waals surface area contributed by atoms with E-state index in [4.69, 9.17) is 13.9 Å². The molecule has 212 valence electrons. The van der Waals surface area contributed by atoms with Crippen LogP contribution in [-0.4, -0.2) is 38.0 Å². The highest BCUT2D eigenvalue weighted by Crippen LogP contribution is 2.28.